The first-order valence-electron chi connectivity index (χ1n) is 8.11. The molecule has 0 fully saturated rings. The van der Waals surface area contributed by atoms with Crippen molar-refractivity contribution in [3.63, 3.8) is 0 Å². The second-order valence-corrected chi connectivity index (χ2v) is 5.53. The van der Waals surface area contributed by atoms with Crippen LogP contribution in [-0.2, 0) is 6.42 Å². The lowest BCUT2D eigenvalue weighted by atomic mass is 9.87. The smallest absolute Gasteiger partial charge is 0.119 e. The summed E-state index contributed by atoms with van der Waals surface area (Å²) >= 11 is 0. The minimum Gasteiger partial charge on any atom is -0.497 e. The van der Waals surface area contributed by atoms with Crippen LogP contribution >= 0.6 is 0 Å². The Hall–Kier alpha value is -1.02. The van der Waals surface area contributed by atoms with Gasteiger partial charge >= 0.3 is 0 Å². The minimum atomic E-state index is 0.573. The predicted molar refractivity (Wildman–Crippen MR) is 87.5 cm³/mol. The Bertz CT molecular complexity index is 364. The summed E-state index contributed by atoms with van der Waals surface area (Å²) in [6.07, 6.45) is 6.29. The Balaban J connectivity index is 2.73. The third-order valence-corrected chi connectivity index (χ3v) is 4.08. The molecule has 2 heteroatoms. The van der Waals surface area contributed by atoms with E-state index in [1.807, 2.05) is 6.07 Å². The highest BCUT2D eigenvalue weighted by Crippen LogP contribution is 2.22. The van der Waals surface area contributed by atoms with Crippen molar-refractivity contribution in [2.75, 3.05) is 13.7 Å². The van der Waals surface area contributed by atoms with E-state index in [2.05, 4.69) is 44.3 Å². The lowest BCUT2D eigenvalue weighted by Crippen LogP contribution is -2.37. The number of likely N-dealkylation sites (N-methyl/N-ethyl adjacent to an activating group) is 1. The molecule has 1 aromatic rings. The molecular formula is C18H31NO. The van der Waals surface area contributed by atoms with Crippen LogP contribution in [0.4, 0.5) is 0 Å². The first kappa shape index (κ1) is 17.0. The molecule has 1 rings (SSSR count). The van der Waals surface area contributed by atoms with Gasteiger partial charge in [0.1, 0.15) is 5.75 Å². The van der Waals surface area contributed by atoms with E-state index in [1.54, 1.807) is 7.11 Å². The monoisotopic (exact) mass is 277 g/mol. The molecule has 0 saturated carbocycles. The fourth-order valence-corrected chi connectivity index (χ4v) is 2.88. The van der Waals surface area contributed by atoms with Crippen molar-refractivity contribution in [1.29, 1.82) is 0 Å². The summed E-state index contributed by atoms with van der Waals surface area (Å²) in [4.78, 5) is 0. The molecule has 114 valence electrons. The Morgan fingerprint density at radius 2 is 2.00 bits per heavy atom. The van der Waals surface area contributed by atoms with Gasteiger partial charge in [-0.25, -0.2) is 0 Å². The summed E-state index contributed by atoms with van der Waals surface area (Å²) in [7, 11) is 1.73. The summed E-state index contributed by atoms with van der Waals surface area (Å²) < 4.78 is 5.33. The molecule has 0 aromatic heterocycles. The number of hydrogen-bond acceptors (Lipinski definition) is 2. The van der Waals surface area contributed by atoms with E-state index in [-0.39, 0.29) is 0 Å². The van der Waals surface area contributed by atoms with Gasteiger partial charge in [-0.15, -0.1) is 0 Å². The second kappa shape index (κ2) is 9.82. The largest absolute Gasteiger partial charge is 0.497 e. The standard InChI is InChI=1S/C18H31NO/c1-5-8-11-16(6-2)18(19-7-3)14-15-10-9-12-17(13-15)20-4/h9-10,12-13,16,18-19H,5-8,11,14H2,1-4H3. The molecule has 2 unspecified atom stereocenters. The van der Waals surface area contributed by atoms with Gasteiger partial charge in [0.25, 0.3) is 0 Å². The van der Waals surface area contributed by atoms with Gasteiger partial charge in [-0.3, -0.25) is 0 Å². The first-order chi connectivity index (χ1) is 9.74. The van der Waals surface area contributed by atoms with Crippen LogP contribution in [0.1, 0.15) is 52.0 Å². The molecule has 0 radical (unpaired) electrons. The van der Waals surface area contributed by atoms with Crippen molar-refractivity contribution in [2.45, 2.75) is 58.9 Å². The van der Waals surface area contributed by atoms with Crippen molar-refractivity contribution < 1.29 is 4.74 Å². The number of rotatable bonds is 10. The number of unbranched alkanes of at least 4 members (excludes halogenated alkanes) is 1. The van der Waals surface area contributed by atoms with E-state index in [4.69, 9.17) is 4.74 Å². The minimum absolute atomic E-state index is 0.573. The summed E-state index contributed by atoms with van der Waals surface area (Å²) in [5.74, 6) is 1.72. The van der Waals surface area contributed by atoms with E-state index in [1.165, 1.54) is 31.2 Å². The van der Waals surface area contributed by atoms with E-state index in [9.17, 15) is 0 Å². The summed E-state index contributed by atoms with van der Waals surface area (Å²) in [5, 5.41) is 3.69. The van der Waals surface area contributed by atoms with Gasteiger partial charge < -0.3 is 10.1 Å². The Labute approximate surface area is 124 Å². The zero-order valence-corrected chi connectivity index (χ0v) is 13.6. The topological polar surface area (TPSA) is 21.3 Å². The molecular weight excluding hydrogens is 246 g/mol. The Morgan fingerprint density at radius 1 is 1.20 bits per heavy atom. The van der Waals surface area contributed by atoms with Gasteiger partial charge in [-0.05, 0) is 43.0 Å². The van der Waals surface area contributed by atoms with Gasteiger partial charge in [0, 0.05) is 6.04 Å². The number of ether oxygens (including phenoxy) is 1. The SMILES string of the molecule is CCCCC(CC)C(Cc1cccc(OC)c1)NCC. The average molecular weight is 277 g/mol. The van der Waals surface area contributed by atoms with E-state index in [0.29, 0.717) is 6.04 Å². The predicted octanol–water partition coefficient (Wildman–Crippen LogP) is 4.43. The highest BCUT2D eigenvalue weighted by molar-refractivity contribution is 5.29. The van der Waals surface area contributed by atoms with Gasteiger partial charge in [0.15, 0.2) is 0 Å². The third-order valence-electron chi connectivity index (χ3n) is 4.08. The number of methoxy groups -OCH3 is 1. The van der Waals surface area contributed by atoms with E-state index < -0.39 is 0 Å². The second-order valence-electron chi connectivity index (χ2n) is 5.53. The lowest BCUT2D eigenvalue weighted by molar-refractivity contribution is 0.319. The highest BCUT2D eigenvalue weighted by atomic mass is 16.5. The highest BCUT2D eigenvalue weighted by Gasteiger charge is 2.19. The van der Waals surface area contributed by atoms with Crippen molar-refractivity contribution in [3.8, 4) is 5.75 Å². The maximum atomic E-state index is 5.33. The van der Waals surface area contributed by atoms with Crippen LogP contribution in [0.25, 0.3) is 0 Å². The molecule has 0 heterocycles. The molecule has 0 bridgehead atoms. The molecule has 0 amide bonds. The molecule has 0 aliphatic carbocycles. The van der Waals surface area contributed by atoms with E-state index in [0.717, 1.165) is 24.6 Å². The van der Waals surface area contributed by atoms with Gasteiger partial charge in [0.2, 0.25) is 0 Å². The van der Waals surface area contributed by atoms with Crippen LogP contribution in [0, 0.1) is 5.92 Å². The quantitative estimate of drug-likeness (QED) is 0.683. The van der Waals surface area contributed by atoms with Crippen LogP contribution in [0.15, 0.2) is 24.3 Å². The summed E-state index contributed by atoms with van der Waals surface area (Å²) in [6, 6.07) is 9.05. The van der Waals surface area contributed by atoms with E-state index >= 15 is 0 Å². The lowest BCUT2D eigenvalue weighted by Gasteiger charge is -2.27. The van der Waals surface area contributed by atoms with Crippen molar-refractivity contribution >= 4 is 0 Å². The maximum absolute atomic E-state index is 5.33. The van der Waals surface area contributed by atoms with Gasteiger partial charge in [-0.1, -0.05) is 52.2 Å². The molecule has 1 aromatic carbocycles. The fourth-order valence-electron chi connectivity index (χ4n) is 2.88. The molecule has 2 nitrogen and oxygen atoms in total. The molecule has 1 N–H and O–H groups in total. The molecule has 0 aliphatic heterocycles. The number of benzene rings is 1. The van der Waals surface area contributed by atoms with Crippen molar-refractivity contribution in [2.24, 2.45) is 5.92 Å². The van der Waals surface area contributed by atoms with Crippen LogP contribution in [-0.4, -0.2) is 19.7 Å². The zero-order chi connectivity index (χ0) is 14.8. The first-order valence-corrected chi connectivity index (χ1v) is 8.11. The van der Waals surface area contributed by atoms with Crippen LogP contribution < -0.4 is 10.1 Å². The number of nitrogens with one attached hydrogen (secondary N) is 1. The van der Waals surface area contributed by atoms with Crippen molar-refractivity contribution in [3.05, 3.63) is 29.8 Å². The normalized spacial score (nSPS) is 14.0. The van der Waals surface area contributed by atoms with Gasteiger partial charge in [0.05, 0.1) is 7.11 Å². The Morgan fingerprint density at radius 3 is 2.60 bits per heavy atom. The van der Waals surface area contributed by atoms with Crippen LogP contribution in [0.2, 0.25) is 0 Å². The molecule has 0 saturated heterocycles. The summed E-state index contributed by atoms with van der Waals surface area (Å²) in [6.45, 7) is 7.83. The third kappa shape index (κ3) is 5.54. The number of hydrogen-bond donors (Lipinski definition) is 1. The average Bonchev–Trinajstić information content (AvgIpc) is 2.48. The zero-order valence-electron chi connectivity index (χ0n) is 13.6. The molecule has 0 aliphatic rings. The maximum Gasteiger partial charge on any atom is 0.119 e. The molecule has 20 heavy (non-hydrogen) atoms. The van der Waals surface area contributed by atoms with Crippen molar-refractivity contribution in [1.82, 2.24) is 5.32 Å². The fraction of sp³-hybridized carbons (Fsp3) is 0.667. The van der Waals surface area contributed by atoms with Gasteiger partial charge in [-0.2, -0.15) is 0 Å². The Kier molecular flexibility index (Phi) is 8.36. The van der Waals surface area contributed by atoms with Crippen LogP contribution in [0.5, 0.6) is 5.75 Å². The molecule has 2 atom stereocenters. The van der Waals surface area contributed by atoms with Crippen LogP contribution in [0.3, 0.4) is 0 Å². The summed E-state index contributed by atoms with van der Waals surface area (Å²) in [5.41, 5.74) is 1.37. The molecule has 0 spiro atoms.